The van der Waals surface area contributed by atoms with E-state index < -0.39 is 0 Å². The standard InChI is InChI=1S/C16H18N2O/c1-13(19)18-16-9-7-15(8-10-16)12-17-11-14-5-3-2-4-6-14/h2-10,17H,11-12H2,1H3,(H,18,19). The van der Waals surface area contributed by atoms with E-state index in [0.29, 0.717) is 0 Å². The van der Waals surface area contributed by atoms with Gasteiger partial charge in [-0.15, -0.1) is 0 Å². The van der Waals surface area contributed by atoms with Crippen molar-refractivity contribution in [2.24, 2.45) is 0 Å². The second-order valence-corrected chi connectivity index (χ2v) is 4.47. The van der Waals surface area contributed by atoms with Gasteiger partial charge in [0.1, 0.15) is 0 Å². The molecule has 3 nitrogen and oxygen atoms in total. The van der Waals surface area contributed by atoms with E-state index in [1.807, 2.05) is 42.5 Å². The second-order valence-electron chi connectivity index (χ2n) is 4.47. The molecule has 0 aromatic heterocycles. The summed E-state index contributed by atoms with van der Waals surface area (Å²) in [6.45, 7) is 3.18. The van der Waals surface area contributed by atoms with Crippen molar-refractivity contribution in [3.63, 3.8) is 0 Å². The first kappa shape index (κ1) is 13.3. The lowest BCUT2D eigenvalue weighted by molar-refractivity contribution is -0.114. The van der Waals surface area contributed by atoms with Crippen molar-refractivity contribution in [1.29, 1.82) is 0 Å². The average Bonchev–Trinajstić information content (AvgIpc) is 2.41. The summed E-state index contributed by atoms with van der Waals surface area (Å²) in [5, 5.41) is 6.15. The highest BCUT2D eigenvalue weighted by Crippen LogP contribution is 2.09. The first-order valence-corrected chi connectivity index (χ1v) is 6.35. The number of benzene rings is 2. The van der Waals surface area contributed by atoms with Gasteiger partial charge < -0.3 is 10.6 Å². The smallest absolute Gasteiger partial charge is 0.221 e. The number of hydrogen-bond donors (Lipinski definition) is 2. The van der Waals surface area contributed by atoms with Gasteiger partial charge in [0.05, 0.1) is 0 Å². The fraction of sp³-hybridized carbons (Fsp3) is 0.188. The molecule has 0 aliphatic carbocycles. The van der Waals surface area contributed by atoms with Crippen LogP contribution in [0.25, 0.3) is 0 Å². The van der Waals surface area contributed by atoms with Crippen LogP contribution in [0.15, 0.2) is 54.6 Å². The summed E-state index contributed by atoms with van der Waals surface area (Å²) in [5.74, 6) is -0.0463. The van der Waals surface area contributed by atoms with E-state index in [9.17, 15) is 4.79 Å². The summed E-state index contributed by atoms with van der Waals surface area (Å²) in [4.78, 5) is 10.9. The van der Waals surface area contributed by atoms with E-state index in [2.05, 4.69) is 22.8 Å². The third-order valence-corrected chi connectivity index (χ3v) is 2.78. The van der Waals surface area contributed by atoms with Crippen LogP contribution in [0.4, 0.5) is 5.69 Å². The molecular weight excluding hydrogens is 236 g/mol. The van der Waals surface area contributed by atoms with Gasteiger partial charge in [-0.25, -0.2) is 0 Å². The zero-order chi connectivity index (χ0) is 13.5. The monoisotopic (exact) mass is 254 g/mol. The predicted octanol–water partition coefficient (Wildman–Crippen LogP) is 2.93. The van der Waals surface area contributed by atoms with Crippen LogP contribution in [0.1, 0.15) is 18.1 Å². The third-order valence-electron chi connectivity index (χ3n) is 2.78. The lowest BCUT2D eigenvalue weighted by Crippen LogP contribution is -2.12. The van der Waals surface area contributed by atoms with Gasteiger partial charge in [0.2, 0.25) is 5.91 Å². The molecule has 2 aromatic rings. The van der Waals surface area contributed by atoms with E-state index >= 15 is 0 Å². The van der Waals surface area contributed by atoms with Gasteiger partial charge in [0.25, 0.3) is 0 Å². The molecule has 0 heterocycles. The van der Waals surface area contributed by atoms with E-state index in [4.69, 9.17) is 0 Å². The molecule has 3 heteroatoms. The van der Waals surface area contributed by atoms with Crippen LogP contribution >= 0.6 is 0 Å². The van der Waals surface area contributed by atoms with Crippen LogP contribution in [-0.4, -0.2) is 5.91 Å². The van der Waals surface area contributed by atoms with Crippen LogP contribution < -0.4 is 10.6 Å². The van der Waals surface area contributed by atoms with Gasteiger partial charge >= 0.3 is 0 Å². The number of carbonyl (C=O) groups excluding carboxylic acids is 1. The van der Waals surface area contributed by atoms with Crippen molar-refractivity contribution >= 4 is 11.6 Å². The van der Waals surface area contributed by atoms with Crippen molar-refractivity contribution in [3.05, 3.63) is 65.7 Å². The van der Waals surface area contributed by atoms with Crippen molar-refractivity contribution in [1.82, 2.24) is 5.32 Å². The Morgan fingerprint density at radius 3 is 2.05 bits per heavy atom. The Morgan fingerprint density at radius 2 is 1.47 bits per heavy atom. The number of amides is 1. The Bertz CT molecular complexity index is 520. The Kier molecular flexibility index (Phi) is 4.70. The number of nitrogens with one attached hydrogen (secondary N) is 2. The van der Waals surface area contributed by atoms with Crippen molar-refractivity contribution in [2.75, 3.05) is 5.32 Å². The zero-order valence-corrected chi connectivity index (χ0v) is 11.0. The van der Waals surface area contributed by atoms with Crippen molar-refractivity contribution < 1.29 is 4.79 Å². The normalized spacial score (nSPS) is 10.2. The summed E-state index contributed by atoms with van der Waals surface area (Å²) in [7, 11) is 0. The molecular formula is C16H18N2O. The Morgan fingerprint density at radius 1 is 0.895 bits per heavy atom. The largest absolute Gasteiger partial charge is 0.326 e. The van der Waals surface area contributed by atoms with Gasteiger partial charge in [-0.3, -0.25) is 4.79 Å². The van der Waals surface area contributed by atoms with Gasteiger partial charge in [-0.2, -0.15) is 0 Å². The van der Waals surface area contributed by atoms with Gasteiger partial charge in [0.15, 0.2) is 0 Å². The summed E-state index contributed by atoms with van der Waals surface area (Å²) >= 11 is 0. The summed E-state index contributed by atoms with van der Waals surface area (Å²) in [5.41, 5.74) is 3.31. The zero-order valence-electron chi connectivity index (χ0n) is 11.0. The minimum Gasteiger partial charge on any atom is -0.326 e. The van der Waals surface area contributed by atoms with E-state index in [0.717, 1.165) is 18.8 Å². The number of hydrogen-bond acceptors (Lipinski definition) is 2. The lowest BCUT2D eigenvalue weighted by Gasteiger charge is -2.06. The number of carbonyl (C=O) groups is 1. The highest BCUT2D eigenvalue weighted by molar-refractivity contribution is 5.88. The van der Waals surface area contributed by atoms with Gasteiger partial charge in [-0.1, -0.05) is 42.5 Å². The molecule has 98 valence electrons. The summed E-state index contributed by atoms with van der Waals surface area (Å²) < 4.78 is 0. The van der Waals surface area contributed by atoms with E-state index in [1.54, 1.807) is 0 Å². The topological polar surface area (TPSA) is 41.1 Å². The molecule has 0 atom stereocenters. The number of anilines is 1. The van der Waals surface area contributed by atoms with Gasteiger partial charge in [0, 0.05) is 25.7 Å². The SMILES string of the molecule is CC(=O)Nc1ccc(CNCc2ccccc2)cc1. The first-order valence-electron chi connectivity index (χ1n) is 6.35. The predicted molar refractivity (Wildman–Crippen MR) is 77.7 cm³/mol. The highest BCUT2D eigenvalue weighted by Gasteiger charge is 1.97. The van der Waals surface area contributed by atoms with Crippen LogP contribution in [-0.2, 0) is 17.9 Å². The molecule has 0 aliphatic rings. The van der Waals surface area contributed by atoms with Crippen LogP contribution in [0, 0.1) is 0 Å². The molecule has 2 rings (SSSR count). The quantitative estimate of drug-likeness (QED) is 0.861. The van der Waals surface area contributed by atoms with Gasteiger partial charge in [-0.05, 0) is 23.3 Å². The molecule has 0 fully saturated rings. The fourth-order valence-corrected chi connectivity index (χ4v) is 1.86. The molecule has 2 N–H and O–H groups in total. The Balaban J connectivity index is 1.81. The maximum absolute atomic E-state index is 10.9. The molecule has 0 saturated carbocycles. The lowest BCUT2D eigenvalue weighted by atomic mass is 10.2. The van der Waals surface area contributed by atoms with Crippen molar-refractivity contribution in [2.45, 2.75) is 20.0 Å². The summed E-state index contributed by atoms with van der Waals surface area (Å²) in [6, 6.07) is 18.2. The molecule has 0 unspecified atom stereocenters. The third kappa shape index (κ3) is 4.56. The van der Waals surface area contributed by atoms with E-state index in [-0.39, 0.29) is 5.91 Å². The number of rotatable bonds is 5. The maximum atomic E-state index is 10.9. The minimum absolute atomic E-state index is 0.0463. The molecule has 0 spiro atoms. The molecule has 2 aromatic carbocycles. The Hall–Kier alpha value is -2.13. The first-order chi connectivity index (χ1) is 9.24. The fourth-order valence-electron chi connectivity index (χ4n) is 1.86. The van der Waals surface area contributed by atoms with E-state index in [1.165, 1.54) is 18.1 Å². The minimum atomic E-state index is -0.0463. The molecule has 0 saturated heterocycles. The Labute approximate surface area is 113 Å². The van der Waals surface area contributed by atoms with Crippen LogP contribution in [0.5, 0.6) is 0 Å². The second kappa shape index (κ2) is 6.71. The molecule has 1 amide bonds. The van der Waals surface area contributed by atoms with Crippen LogP contribution in [0.3, 0.4) is 0 Å². The van der Waals surface area contributed by atoms with Crippen molar-refractivity contribution in [3.8, 4) is 0 Å². The molecule has 19 heavy (non-hydrogen) atoms. The maximum Gasteiger partial charge on any atom is 0.221 e. The molecule has 0 aliphatic heterocycles. The average molecular weight is 254 g/mol. The highest BCUT2D eigenvalue weighted by atomic mass is 16.1. The summed E-state index contributed by atoms with van der Waals surface area (Å²) in [6.07, 6.45) is 0. The molecule has 0 bridgehead atoms. The molecule has 0 radical (unpaired) electrons. The van der Waals surface area contributed by atoms with Crippen LogP contribution in [0.2, 0.25) is 0 Å².